The van der Waals surface area contributed by atoms with Crippen LogP contribution >= 0.6 is 11.3 Å². The van der Waals surface area contributed by atoms with Gasteiger partial charge in [-0.25, -0.2) is 0 Å². The topological polar surface area (TPSA) is 58.4 Å². The molecule has 3 heterocycles. The van der Waals surface area contributed by atoms with E-state index in [0.717, 1.165) is 18.7 Å². The maximum absolute atomic E-state index is 12.3. The number of hydrogen-bond donors (Lipinski definition) is 0. The summed E-state index contributed by atoms with van der Waals surface area (Å²) in [7, 11) is 3.52. The lowest BCUT2D eigenvalue weighted by molar-refractivity contribution is -0.133. The number of rotatable bonds is 4. The molecule has 0 N–H and O–H groups in total. The largest absolute Gasteiger partial charge is 0.338 e. The number of nitrogens with zero attached hydrogens (tertiary/aromatic N) is 4. The SMILES string of the molecule is CN(C(=O)CCC(=O)N1CCc2sccc2C1)c1cnn(C)c1. The molecule has 2 aromatic rings. The van der Waals surface area contributed by atoms with Crippen LogP contribution in [0.3, 0.4) is 0 Å². The summed E-state index contributed by atoms with van der Waals surface area (Å²) in [6.07, 6.45) is 4.81. The van der Waals surface area contributed by atoms with Crippen molar-refractivity contribution in [3.8, 4) is 0 Å². The minimum atomic E-state index is -0.0698. The van der Waals surface area contributed by atoms with Gasteiger partial charge in [0.05, 0.1) is 11.9 Å². The van der Waals surface area contributed by atoms with Crippen molar-refractivity contribution in [2.75, 3.05) is 18.5 Å². The maximum atomic E-state index is 12.3. The summed E-state index contributed by atoms with van der Waals surface area (Å²) in [6, 6.07) is 2.08. The van der Waals surface area contributed by atoms with Gasteiger partial charge in [0.2, 0.25) is 11.8 Å². The Morgan fingerprint density at radius 2 is 2.22 bits per heavy atom. The van der Waals surface area contributed by atoms with Crippen LogP contribution in [0.1, 0.15) is 23.3 Å². The molecule has 0 saturated carbocycles. The zero-order chi connectivity index (χ0) is 16.4. The maximum Gasteiger partial charge on any atom is 0.227 e. The molecule has 0 saturated heterocycles. The molecular weight excluding hydrogens is 312 g/mol. The summed E-state index contributed by atoms with van der Waals surface area (Å²) in [4.78, 5) is 29.3. The van der Waals surface area contributed by atoms with E-state index in [4.69, 9.17) is 0 Å². The van der Waals surface area contributed by atoms with Crippen molar-refractivity contribution in [1.29, 1.82) is 0 Å². The summed E-state index contributed by atoms with van der Waals surface area (Å²) in [6.45, 7) is 1.42. The summed E-state index contributed by atoms with van der Waals surface area (Å²) in [5.41, 5.74) is 1.99. The number of carbonyl (C=O) groups excluding carboxylic acids is 2. The molecule has 6 nitrogen and oxygen atoms in total. The van der Waals surface area contributed by atoms with Crippen molar-refractivity contribution >= 4 is 28.8 Å². The van der Waals surface area contributed by atoms with Crippen LogP contribution in [0.2, 0.25) is 0 Å². The van der Waals surface area contributed by atoms with Crippen LogP contribution < -0.4 is 4.90 Å². The second-order valence-electron chi connectivity index (χ2n) is 5.76. The third kappa shape index (κ3) is 3.44. The lowest BCUT2D eigenvalue weighted by atomic mass is 10.1. The van der Waals surface area contributed by atoms with Crippen LogP contribution in [-0.2, 0) is 29.6 Å². The number of amides is 2. The Hall–Kier alpha value is -2.15. The third-order valence-corrected chi connectivity index (χ3v) is 5.19. The molecule has 122 valence electrons. The van der Waals surface area contributed by atoms with Crippen LogP contribution in [0, 0.1) is 0 Å². The van der Waals surface area contributed by atoms with Gasteiger partial charge in [-0.1, -0.05) is 0 Å². The van der Waals surface area contributed by atoms with Gasteiger partial charge in [0, 0.05) is 51.1 Å². The van der Waals surface area contributed by atoms with Gasteiger partial charge in [0.25, 0.3) is 0 Å². The molecule has 0 fully saturated rings. The average Bonchev–Trinajstić information content (AvgIpc) is 3.19. The highest BCUT2D eigenvalue weighted by Gasteiger charge is 2.22. The minimum absolute atomic E-state index is 0.0507. The van der Waals surface area contributed by atoms with Crippen molar-refractivity contribution in [2.45, 2.75) is 25.8 Å². The van der Waals surface area contributed by atoms with Crippen molar-refractivity contribution in [3.05, 3.63) is 34.3 Å². The first-order valence-corrected chi connectivity index (χ1v) is 8.51. The van der Waals surface area contributed by atoms with E-state index >= 15 is 0 Å². The molecule has 23 heavy (non-hydrogen) atoms. The van der Waals surface area contributed by atoms with Crippen molar-refractivity contribution in [2.24, 2.45) is 7.05 Å². The number of aryl methyl sites for hydroxylation is 1. The highest BCUT2D eigenvalue weighted by molar-refractivity contribution is 7.10. The van der Waals surface area contributed by atoms with Crippen molar-refractivity contribution < 1.29 is 9.59 Å². The van der Waals surface area contributed by atoms with E-state index < -0.39 is 0 Å². The fraction of sp³-hybridized carbons (Fsp3) is 0.438. The molecule has 3 rings (SSSR count). The molecular formula is C16H20N4O2S. The predicted octanol–water partition coefficient (Wildman–Crippen LogP) is 1.81. The molecule has 7 heteroatoms. The molecule has 0 atom stereocenters. The first-order valence-electron chi connectivity index (χ1n) is 7.63. The Morgan fingerprint density at radius 1 is 1.39 bits per heavy atom. The van der Waals surface area contributed by atoms with Crippen LogP contribution in [0.15, 0.2) is 23.8 Å². The Bertz CT molecular complexity index is 721. The summed E-state index contributed by atoms with van der Waals surface area (Å²) in [5.74, 6) is -0.0191. The van der Waals surface area contributed by atoms with Gasteiger partial charge < -0.3 is 9.80 Å². The van der Waals surface area contributed by atoms with Gasteiger partial charge in [-0.05, 0) is 23.4 Å². The normalized spacial score (nSPS) is 13.7. The average molecular weight is 332 g/mol. The predicted molar refractivity (Wildman–Crippen MR) is 89.3 cm³/mol. The third-order valence-electron chi connectivity index (χ3n) is 4.17. The van der Waals surface area contributed by atoms with Gasteiger partial charge >= 0.3 is 0 Å². The molecule has 0 spiro atoms. The van der Waals surface area contributed by atoms with E-state index in [-0.39, 0.29) is 24.7 Å². The van der Waals surface area contributed by atoms with Gasteiger partial charge in [0.15, 0.2) is 0 Å². The molecule has 0 aliphatic carbocycles. The highest BCUT2D eigenvalue weighted by Crippen LogP contribution is 2.24. The van der Waals surface area contributed by atoms with Crippen molar-refractivity contribution in [1.82, 2.24) is 14.7 Å². The molecule has 2 aromatic heterocycles. The monoisotopic (exact) mass is 332 g/mol. The molecule has 1 aliphatic rings. The minimum Gasteiger partial charge on any atom is -0.338 e. The zero-order valence-electron chi connectivity index (χ0n) is 13.4. The highest BCUT2D eigenvalue weighted by atomic mass is 32.1. The van der Waals surface area contributed by atoms with Gasteiger partial charge in [-0.3, -0.25) is 14.3 Å². The fourth-order valence-corrected chi connectivity index (χ4v) is 3.62. The van der Waals surface area contributed by atoms with E-state index in [2.05, 4.69) is 16.5 Å². The van der Waals surface area contributed by atoms with Crippen LogP contribution in [0.4, 0.5) is 5.69 Å². The Morgan fingerprint density at radius 3 is 2.96 bits per heavy atom. The number of anilines is 1. The molecule has 0 unspecified atom stereocenters. The molecule has 2 amide bonds. The molecule has 0 bridgehead atoms. The second-order valence-corrected chi connectivity index (χ2v) is 6.76. The summed E-state index contributed by atoms with van der Waals surface area (Å²) >= 11 is 1.75. The molecule has 0 radical (unpaired) electrons. The van der Waals surface area contributed by atoms with Gasteiger partial charge in [0.1, 0.15) is 0 Å². The molecule has 1 aliphatic heterocycles. The standard InChI is InChI=1S/C16H20N4O2S/c1-18-11-13(9-17-18)19(2)15(21)3-4-16(22)20-7-5-14-12(10-20)6-8-23-14/h6,8-9,11H,3-5,7,10H2,1-2H3. The Kier molecular flexibility index (Phi) is 4.47. The lowest BCUT2D eigenvalue weighted by Crippen LogP contribution is -2.36. The number of carbonyl (C=O) groups is 2. The van der Waals surface area contributed by atoms with E-state index in [1.165, 1.54) is 10.4 Å². The number of hydrogen-bond acceptors (Lipinski definition) is 4. The zero-order valence-corrected chi connectivity index (χ0v) is 14.2. The van der Waals surface area contributed by atoms with Crippen LogP contribution in [0.25, 0.3) is 0 Å². The van der Waals surface area contributed by atoms with Gasteiger partial charge in [-0.2, -0.15) is 5.10 Å². The van der Waals surface area contributed by atoms with E-state index in [1.54, 1.807) is 47.4 Å². The smallest absolute Gasteiger partial charge is 0.227 e. The van der Waals surface area contributed by atoms with E-state index in [0.29, 0.717) is 6.54 Å². The van der Waals surface area contributed by atoms with Gasteiger partial charge in [-0.15, -0.1) is 11.3 Å². The summed E-state index contributed by atoms with van der Waals surface area (Å²) < 4.78 is 1.65. The first-order chi connectivity index (χ1) is 11.0. The molecule has 0 aromatic carbocycles. The Labute approximate surface area is 139 Å². The van der Waals surface area contributed by atoms with Crippen LogP contribution in [-0.4, -0.2) is 40.1 Å². The second kappa shape index (κ2) is 6.54. The quantitative estimate of drug-likeness (QED) is 0.858. The first kappa shape index (κ1) is 15.7. The number of fused-ring (bicyclic) bond motifs is 1. The van der Waals surface area contributed by atoms with Crippen LogP contribution in [0.5, 0.6) is 0 Å². The number of thiophene rings is 1. The summed E-state index contributed by atoms with van der Waals surface area (Å²) in [5, 5.41) is 6.13. The Balaban J connectivity index is 1.52. The lowest BCUT2D eigenvalue weighted by Gasteiger charge is -2.27. The van der Waals surface area contributed by atoms with E-state index in [9.17, 15) is 9.59 Å². The van der Waals surface area contributed by atoms with Crippen molar-refractivity contribution in [3.63, 3.8) is 0 Å². The number of aromatic nitrogens is 2. The van der Waals surface area contributed by atoms with E-state index in [1.807, 2.05) is 4.90 Å². The fourth-order valence-electron chi connectivity index (χ4n) is 2.73.